The number of hydrazine groups is 1. The summed E-state index contributed by atoms with van der Waals surface area (Å²) in [5.74, 6) is 6.11. The molecule has 0 atom stereocenters. The number of rotatable bonds is 6. The molecule has 7 nitrogen and oxygen atoms in total. The largest absolute Gasteiger partial charge is 0.356 e. The molecule has 1 aromatic rings. The molecule has 3 N–H and O–H groups in total. The lowest BCUT2D eigenvalue weighted by Gasteiger charge is -2.27. The van der Waals surface area contributed by atoms with Crippen molar-refractivity contribution < 1.29 is 4.92 Å². The van der Waals surface area contributed by atoms with Crippen molar-refractivity contribution in [1.82, 2.24) is 4.98 Å². The summed E-state index contributed by atoms with van der Waals surface area (Å²) in [7, 11) is 1.88. The Labute approximate surface area is 106 Å². The molecule has 0 radical (unpaired) electrons. The minimum atomic E-state index is -0.452. The number of anilines is 2. The number of hydrogen-bond donors (Lipinski definition) is 2. The number of nitro groups is 1. The van der Waals surface area contributed by atoms with Gasteiger partial charge in [0, 0.05) is 13.1 Å². The Bertz CT molecular complexity index is 420. The van der Waals surface area contributed by atoms with Crippen LogP contribution in [0.4, 0.5) is 17.3 Å². The van der Waals surface area contributed by atoms with E-state index < -0.39 is 4.92 Å². The van der Waals surface area contributed by atoms with Gasteiger partial charge in [0.1, 0.15) is 11.6 Å². The fourth-order valence-electron chi connectivity index (χ4n) is 1.89. The summed E-state index contributed by atoms with van der Waals surface area (Å²) in [6.45, 7) is 4.15. The third-order valence-corrected chi connectivity index (χ3v) is 3.01. The molecule has 0 aliphatic heterocycles. The molecule has 1 rings (SSSR count). The van der Waals surface area contributed by atoms with Crippen LogP contribution < -0.4 is 16.2 Å². The average Bonchev–Trinajstić information content (AvgIpc) is 2.39. The predicted octanol–water partition coefficient (Wildman–Crippen LogP) is 1.90. The third kappa shape index (κ3) is 3.07. The SMILES string of the molecule is CCC(CC)N(C)c1cc([N+](=O)[O-])cc(NN)n1. The maximum atomic E-state index is 10.8. The summed E-state index contributed by atoms with van der Waals surface area (Å²) >= 11 is 0. The summed E-state index contributed by atoms with van der Waals surface area (Å²) in [6, 6.07) is 3.06. The molecule has 0 aliphatic rings. The first-order valence-electron chi connectivity index (χ1n) is 5.89. The Morgan fingerprint density at radius 3 is 2.56 bits per heavy atom. The number of nitrogens with two attached hydrogens (primary N) is 1. The number of hydrogen-bond acceptors (Lipinski definition) is 6. The van der Waals surface area contributed by atoms with Crippen LogP contribution in [0.1, 0.15) is 26.7 Å². The Hall–Kier alpha value is -1.89. The molecule has 18 heavy (non-hydrogen) atoms. The molecule has 0 spiro atoms. The lowest BCUT2D eigenvalue weighted by atomic mass is 10.1. The molecular formula is C11H19N5O2. The lowest BCUT2D eigenvalue weighted by molar-refractivity contribution is -0.384. The van der Waals surface area contributed by atoms with Gasteiger partial charge in [-0.05, 0) is 12.8 Å². The molecule has 0 saturated carbocycles. The van der Waals surface area contributed by atoms with Gasteiger partial charge < -0.3 is 10.3 Å². The van der Waals surface area contributed by atoms with E-state index >= 15 is 0 Å². The molecule has 0 amide bonds. The minimum Gasteiger partial charge on any atom is -0.356 e. The highest BCUT2D eigenvalue weighted by atomic mass is 16.6. The zero-order valence-electron chi connectivity index (χ0n) is 10.9. The number of nitrogens with zero attached hydrogens (tertiary/aromatic N) is 3. The van der Waals surface area contributed by atoms with Crippen LogP contribution in [0.15, 0.2) is 12.1 Å². The zero-order chi connectivity index (χ0) is 13.7. The minimum absolute atomic E-state index is 0.0224. The van der Waals surface area contributed by atoms with Crippen LogP contribution in [0, 0.1) is 10.1 Å². The highest BCUT2D eigenvalue weighted by Crippen LogP contribution is 2.24. The van der Waals surface area contributed by atoms with Crippen LogP contribution in [0.5, 0.6) is 0 Å². The summed E-state index contributed by atoms with van der Waals surface area (Å²) in [4.78, 5) is 16.6. The third-order valence-electron chi connectivity index (χ3n) is 3.01. The van der Waals surface area contributed by atoms with E-state index in [0.29, 0.717) is 11.9 Å². The molecule has 0 aromatic carbocycles. The van der Waals surface area contributed by atoms with E-state index in [2.05, 4.69) is 24.3 Å². The van der Waals surface area contributed by atoms with Crippen LogP contribution in [-0.4, -0.2) is 23.0 Å². The number of aromatic nitrogens is 1. The first-order valence-corrected chi connectivity index (χ1v) is 5.89. The molecule has 0 bridgehead atoms. The standard InChI is InChI=1S/C11H19N5O2/c1-4-8(5-2)15(3)11-7-9(16(17)18)6-10(13-11)14-12/h6-8H,4-5,12H2,1-3H3,(H,13,14). The highest BCUT2D eigenvalue weighted by Gasteiger charge is 2.17. The smallest absolute Gasteiger partial charge is 0.276 e. The van der Waals surface area contributed by atoms with Crippen LogP contribution in [0.25, 0.3) is 0 Å². The Kier molecular flexibility index (Phi) is 4.85. The van der Waals surface area contributed by atoms with Gasteiger partial charge in [-0.1, -0.05) is 13.8 Å². The van der Waals surface area contributed by atoms with Gasteiger partial charge in [-0.3, -0.25) is 10.1 Å². The Morgan fingerprint density at radius 1 is 1.50 bits per heavy atom. The first-order chi connectivity index (χ1) is 8.53. The Morgan fingerprint density at radius 2 is 2.11 bits per heavy atom. The quantitative estimate of drug-likeness (QED) is 0.456. The second-order valence-corrected chi connectivity index (χ2v) is 4.05. The van der Waals surface area contributed by atoms with Crippen molar-refractivity contribution in [2.45, 2.75) is 32.7 Å². The molecule has 1 heterocycles. The summed E-state index contributed by atoms with van der Waals surface area (Å²) in [5, 5.41) is 10.8. The second-order valence-electron chi connectivity index (χ2n) is 4.05. The van der Waals surface area contributed by atoms with E-state index in [9.17, 15) is 10.1 Å². The van der Waals surface area contributed by atoms with Crippen LogP contribution >= 0.6 is 0 Å². The van der Waals surface area contributed by atoms with Crippen LogP contribution in [-0.2, 0) is 0 Å². The van der Waals surface area contributed by atoms with Crippen molar-refractivity contribution >= 4 is 17.3 Å². The fourth-order valence-corrected chi connectivity index (χ4v) is 1.89. The van der Waals surface area contributed by atoms with Gasteiger partial charge in [0.05, 0.1) is 17.1 Å². The summed E-state index contributed by atoms with van der Waals surface area (Å²) in [6.07, 6.45) is 1.89. The molecule has 0 aliphatic carbocycles. The van der Waals surface area contributed by atoms with E-state index in [1.54, 1.807) is 0 Å². The number of nitrogens with one attached hydrogen (secondary N) is 1. The van der Waals surface area contributed by atoms with Crippen molar-refractivity contribution in [3.05, 3.63) is 22.2 Å². The maximum absolute atomic E-state index is 10.8. The fraction of sp³-hybridized carbons (Fsp3) is 0.545. The average molecular weight is 253 g/mol. The van der Waals surface area contributed by atoms with Crippen LogP contribution in [0.2, 0.25) is 0 Å². The normalized spacial score (nSPS) is 10.5. The maximum Gasteiger partial charge on any atom is 0.276 e. The topological polar surface area (TPSA) is 97.3 Å². The number of nitrogen functional groups attached to an aromatic ring is 1. The van der Waals surface area contributed by atoms with E-state index in [1.807, 2.05) is 11.9 Å². The molecule has 100 valence electrons. The molecule has 7 heteroatoms. The highest BCUT2D eigenvalue weighted by molar-refractivity contribution is 5.55. The number of pyridine rings is 1. The predicted molar refractivity (Wildman–Crippen MR) is 71.5 cm³/mol. The monoisotopic (exact) mass is 253 g/mol. The first kappa shape index (κ1) is 14.2. The van der Waals surface area contributed by atoms with Crippen LogP contribution in [0.3, 0.4) is 0 Å². The van der Waals surface area contributed by atoms with Crippen molar-refractivity contribution in [3.63, 3.8) is 0 Å². The molecule has 1 aromatic heterocycles. The van der Waals surface area contributed by atoms with Gasteiger partial charge in [-0.2, -0.15) is 0 Å². The Balaban J connectivity index is 3.14. The van der Waals surface area contributed by atoms with E-state index in [-0.39, 0.29) is 11.5 Å². The van der Waals surface area contributed by atoms with Gasteiger partial charge in [-0.15, -0.1) is 0 Å². The summed E-state index contributed by atoms with van der Waals surface area (Å²) < 4.78 is 0. The van der Waals surface area contributed by atoms with Crippen molar-refractivity contribution in [2.24, 2.45) is 5.84 Å². The van der Waals surface area contributed by atoms with Crippen molar-refractivity contribution in [3.8, 4) is 0 Å². The molecule has 0 saturated heterocycles. The van der Waals surface area contributed by atoms with E-state index in [1.165, 1.54) is 12.1 Å². The molecule has 0 unspecified atom stereocenters. The van der Waals surface area contributed by atoms with E-state index in [0.717, 1.165) is 12.8 Å². The lowest BCUT2D eigenvalue weighted by Crippen LogP contribution is -2.31. The van der Waals surface area contributed by atoms with E-state index in [4.69, 9.17) is 5.84 Å². The van der Waals surface area contributed by atoms with Crippen molar-refractivity contribution in [2.75, 3.05) is 17.4 Å². The van der Waals surface area contributed by atoms with Crippen molar-refractivity contribution in [1.29, 1.82) is 0 Å². The van der Waals surface area contributed by atoms with Gasteiger partial charge in [0.2, 0.25) is 0 Å². The second kappa shape index (κ2) is 6.15. The molecular weight excluding hydrogens is 234 g/mol. The summed E-state index contributed by atoms with van der Waals surface area (Å²) in [5.41, 5.74) is 2.33. The molecule has 0 fully saturated rings. The zero-order valence-corrected chi connectivity index (χ0v) is 10.9. The van der Waals surface area contributed by atoms with Gasteiger partial charge in [-0.25, -0.2) is 10.8 Å². The van der Waals surface area contributed by atoms with Gasteiger partial charge in [0.25, 0.3) is 5.69 Å². The van der Waals surface area contributed by atoms with Gasteiger partial charge >= 0.3 is 0 Å². The van der Waals surface area contributed by atoms with Gasteiger partial charge in [0.15, 0.2) is 0 Å².